The Hall–Kier alpha value is -6.33. The molecule has 5 nitrogen and oxygen atoms in total. The average Bonchev–Trinajstić information content (AvgIpc) is 3.15. The molecule has 6 aromatic carbocycles. The molecular weight excluding hydrogens is 562 g/mol. The van der Waals surface area contributed by atoms with Gasteiger partial charge in [-0.2, -0.15) is 0 Å². The third kappa shape index (κ3) is 5.53. The molecule has 0 N–H and O–H groups in total. The van der Waals surface area contributed by atoms with Crippen LogP contribution >= 0.6 is 0 Å². The largest absolute Gasteiger partial charge is 0.237 e. The topological polar surface area (TPSA) is 64.5 Å². The molecule has 0 radical (unpaired) electrons. The molecule has 216 valence electrons. The van der Waals surface area contributed by atoms with Gasteiger partial charge in [0.1, 0.15) is 0 Å². The molecule has 0 amide bonds. The van der Waals surface area contributed by atoms with Crippen LogP contribution in [0.3, 0.4) is 0 Å². The van der Waals surface area contributed by atoms with Crippen molar-refractivity contribution in [2.24, 2.45) is 0 Å². The quantitative estimate of drug-likeness (QED) is 0.193. The number of rotatable bonds is 6. The van der Waals surface area contributed by atoms with Gasteiger partial charge in [-0.15, -0.1) is 0 Å². The van der Waals surface area contributed by atoms with E-state index in [9.17, 15) is 0 Å². The van der Waals surface area contributed by atoms with Gasteiger partial charge >= 0.3 is 0 Å². The molecule has 0 saturated carbocycles. The number of fused-ring (bicyclic) bond motifs is 1. The third-order valence-corrected chi connectivity index (χ3v) is 7.99. The van der Waals surface area contributed by atoms with Gasteiger partial charge in [0.05, 0.1) is 0 Å². The van der Waals surface area contributed by atoms with E-state index < -0.39 is 0 Å². The Balaban J connectivity index is 1.34. The smallest absolute Gasteiger partial charge is 0.164 e. The molecule has 0 atom stereocenters. The van der Waals surface area contributed by atoms with Crippen molar-refractivity contribution < 1.29 is 0 Å². The maximum atomic E-state index is 5.04. The van der Waals surface area contributed by atoms with Crippen molar-refractivity contribution in [1.29, 1.82) is 0 Å². The van der Waals surface area contributed by atoms with Gasteiger partial charge in [0.25, 0.3) is 0 Å². The summed E-state index contributed by atoms with van der Waals surface area (Å²) in [6, 6.07) is 51.9. The van der Waals surface area contributed by atoms with Crippen molar-refractivity contribution in [2.75, 3.05) is 0 Å². The average molecular weight is 590 g/mol. The summed E-state index contributed by atoms with van der Waals surface area (Å²) in [6.07, 6.45) is 3.53. The van der Waals surface area contributed by atoms with Gasteiger partial charge < -0.3 is 0 Å². The van der Waals surface area contributed by atoms with Crippen LogP contribution in [-0.2, 0) is 0 Å². The summed E-state index contributed by atoms with van der Waals surface area (Å²) in [7, 11) is 0. The first-order valence-electron chi connectivity index (χ1n) is 15.2. The van der Waals surface area contributed by atoms with Crippen molar-refractivity contribution in [2.45, 2.75) is 0 Å². The molecule has 0 spiro atoms. The maximum Gasteiger partial charge on any atom is 0.164 e. The predicted octanol–water partition coefficient (Wildman–Crippen LogP) is 9.82. The molecule has 46 heavy (non-hydrogen) atoms. The second-order valence-corrected chi connectivity index (χ2v) is 11.1. The second kappa shape index (κ2) is 12.0. The summed E-state index contributed by atoms with van der Waals surface area (Å²) >= 11 is 0. The number of nitrogens with zero attached hydrogens (tertiary/aromatic N) is 5. The minimum atomic E-state index is 0.610. The Bertz CT molecular complexity index is 2250. The van der Waals surface area contributed by atoms with Crippen LogP contribution < -0.4 is 0 Å². The molecule has 0 unspecified atom stereocenters. The van der Waals surface area contributed by atoms with E-state index in [2.05, 4.69) is 82.8 Å². The lowest BCUT2D eigenvalue weighted by Gasteiger charge is -2.13. The molecule has 5 heteroatoms. The fourth-order valence-corrected chi connectivity index (χ4v) is 5.68. The fourth-order valence-electron chi connectivity index (χ4n) is 5.68. The van der Waals surface area contributed by atoms with Crippen LogP contribution in [0, 0.1) is 0 Å². The van der Waals surface area contributed by atoms with E-state index in [1.807, 2.05) is 78.9 Å². The second-order valence-electron chi connectivity index (χ2n) is 11.1. The summed E-state index contributed by atoms with van der Waals surface area (Å²) in [4.78, 5) is 24.0. The van der Waals surface area contributed by atoms with Crippen molar-refractivity contribution in [3.63, 3.8) is 0 Å². The lowest BCUT2D eigenvalue weighted by atomic mass is 9.94. The van der Waals surface area contributed by atoms with Crippen LogP contribution in [0.5, 0.6) is 0 Å². The fraction of sp³-hybridized carbons (Fsp3) is 0. The zero-order valence-corrected chi connectivity index (χ0v) is 24.8. The third-order valence-electron chi connectivity index (χ3n) is 7.99. The van der Waals surface area contributed by atoms with E-state index >= 15 is 0 Å². The highest BCUT2D eigenvalue weighted by Gasteiger charge is 2.15. The molecule has 0 saturated heterocycles. The van der Waals surface area contributed by atoms with Gasteiger partial charge in [-0.1, -0.05) is 115 Å². The number of benzene rings is 6. The molecule has 8 aromatic rings. The van der Waals surface area contributed by atoms with E-state index in [1.165, 1.54) is 10.8 Å². The van der Waals surface area contributed by atoms with Crippen LogP contribution in [0.4, 0.5) is 0 Å². The van der Waals surface area contributed by atoms with E-state index in [1.54, 1.807) is 12.4 Å². The van der Waals surface area contributed by atoms with Gasteiger partial charge in [0.2, 0.25) is 0 Å². The van der Waals surface area contributed by atoms with Crippen molar-refractivity contribution in [3.8, 4) is 67.8 Å². The van der Waals surface area contributed by atoms with Crippen molar-refractivity contribution in [1.82, 2.24) is 24.9 Å². The van der Waals surface area contributed by atoms with Gasteiger partial charge in [-0.3, -0.25) is 0 Å². The Labute approximate surface area is 267 Å². The molecule has 0 fully saturated rings. The van der Waals surface area contributed by atoms with Gasteiger partial charge in [-0.25, -0.2) is 24.9 Å². The summed E-state index contributed by atoms with van der Waals surface area (Å²) in [5.74, 6) is 2.56. The summed E-state index contributed by atoms with van der Waals surface area (Å²) in [6.45, 7) is 0. The van der Waals surface area contributed by atoms with Crippen LogP contribution in [0.1, 0.15) is 0 Å². The number of hydrogen-bond donors (Lipinski definition) is 0. The summed E-state index contributed by atoms with van der Waals surface area (Å²) in [5, 5.41) is 2.39. The predicted molar refractivity (Wildman–Crippen MR) is 186 cm³/mol. The lowest BCUT2D eigenvalue weighted by Crippen LogP contribution is -2.00. The highest BCUT2D eigenvalue weighted by Crippen LogP contribution is 2.35. The van der Waals surface area contributed by atoms with Gasteiger partial charge in [-0.05, 0) is 69.4 Å². The Morgan fingerprint density at radius 2 is 0.739 bits per heavy atom. The number of aromatic nitrogens is 5. The van der Waals surface area contributed by atoms with Gasteiger partial charge in [0.15, 0.2) is 23.3 Å². The van der Waals surface area contributed by atoms with Crippen molar-refractivity contribution in [3.05, 3.63) is 164 Å². The standard InChI is InChI=1S/C41H27N5/c1-3-12-29(13-4-1)39-44-40(30-14-5-2-6-15-30)46-41(45-39)37-26-35(32-17-9-18-34(24-32)38-42-21-10-22-43-38)25-36(27-37)33-20-19-28-11-7-8-16-31(28)23-33/h1-27H. The van der Waals surface area contributed by atoms with Crippen LogP contribution in [0.15, 0.2) is 164 Å². The molecule has 0 aliphatic carbocycles. The monoisotopic (exact) mass is 589 g/mol. The first-order chi connectivity index (χ1) is 22.8. The summed E-state index contributed by atoms with van der Waals surface area (Å²) in [5.41, 5.74) is 8.00. The van der Waals surface area contributed by atoms with Crippen LogP contribution in [0.25, 0.3) is 78.6 Å². The molecule has 2 heterocycles. The van der Waals surface area contributed by atoms with Crippen molar-refractivity contribution >= 4 is 10.8 Å². The first kappa shape index (κ1) is 27.2. The van der Waals surface area contributed by atoms with Crippen LogP contribution in [0.2, 0.25) is 0 Å². The van der Waals surface area contributed by atoms with E-state index in [0.29, 0.717) is 23.3 Å². The highest BCUT2D eigenvalue weighted by molar-refractivity contribution is 5.89. The Morgan fingerprint density at radius 1 is 0.261 bits per heavy atom. The van der Waals surface area contributed by atoms with Crippen LogP contribution in [-0.4, -0.2) is 24.9 Å². The minimum Gasteiger partial charge on any atom is -0.237 e. The Kier molecular flexibility index (Phi) is 7.09. The SMILES string of the molecule is c1ccc(-c2nc(-c3ccccc3)nc(-c3cc(-c4cccc(-c5ncccn5)c4)cc(-c4ccc5ccccc5c4)c3)n2)cc1. The van der Waals surface area contributed by atoms with E-state index in [4.69, 9.17) is 15.0 Å². The first-order valence-corrected chi connectivity index (χ1v) is 15.2. The van der Waals surface area contributed by atoms with E-state index in [-0.39, 0.29) is 0 Å². The minimum absolute atomic E-state index is 0.610. The summed E-state index contributed by atoms with van der Waals surface area (Å²) < 4.78 is 0. The molecule has 0 aliphatic heterocycles. The normalized spacial score (nSPS) is 11.0. The highest BCUT2D eigenvalue weighted by atomic mass is 15.0. The Morgan fingerprint density at radius 3 is 1.39 bits per heavy atom. The zero-order valence-electron chi connectivity index (χ0n) is 24.8. The maximum absolute atomic E-state index is 5.04. The van der Waals surface area contributed by atoms with E-state index in [0.717, 1.165) is 44.5 Å². The zero-order chi connectivity index (χ0) is 30.7. The molecular formula is C41H27N5. The lowest BCUT2D eigenvalue weighted by molar-refractivity contribution is 1.07. The molecule has 0 aliphatic rings. The molecule has 8 rings (SSSR count). The van der Waals surface area contributed by atoms with Gasteiger partial charge in [0, 0.05) is 34.6 Å². The molecule has 0 bridgehead atoms. The molecule has 2 aromatic heterocycles. The number of hydrogen-bond acceptors (Lipinski definition) is 5.